The lowest BCUT2D eigenvalue weighted by atomic mass is 10.1. The molecule has 0 atom stereocenters. The zero-order valence-corrected chi connectivity index (χ0v) is 12.7. The fourth-order valence-electron chi connectivity index (χ4n) is 2.59. The summed E-state index contributed by atoms with van der Waals surface area (Å²) < 4.78 is 5.23. The van der Waals surface area contributed by atoms with Crippen molar-refractivity contribution in [3.8, 4) is 5.75 Å². The Kier molecular flexibility index (Phi) is 3.75. The molecule has 1 aliphatic carbocycles. The van der Waals surface area contributed by atoms with E-state index < -0.39 is 0 Å². The molecule has 0 fully saturated rings. The maximum Gasteiger partial charge on any atom is 0.140 e. The topological polar surface area (TPSA) is 60.2 Å². The SMILES string of the molecule is COc1cccc(Nc2nc3c(cc2C(N)=S)CCC3)c1. The Labute approximate surface area is 129 Å². The molecule has 4 nitrogen and oxygen atoms in total. The Morgan fingerprint density at radius 1 is 1.33 bits per heavy atom. The second kappa shape index (κ2) is 5.69. The molecule has 1 aliphatic rings. The van der Waals surface area contributed by atoms with Crippen molar-refractivity contribution in [1.29, 1.82) is 0 Å². The first-order valence-corrected chi connectivity index (χ1v) is 7.32. The lowest BCUT2D eigenvalue weighted by Gasteiger charge is -2.13. The van der Waals surface area contributed by atoms with E-state index in [4.69, 9.17) is 27.7 Å². The van der Waals surface area contributed by atoms with E-state index in [1.807, 2.05) is 24.3 Å². The first-order valence-electron chi connectivity index (χ1n) is 6.91. The van der Waals surface area contributed by atoms with Crippen molar-refractivity contribution in [1.82, 2.24) is 4.98 Å². The van der Waals surface area contributed by atoms with Gasteiger partial charge < -0.3 is 15.8 Å². The quantitative estimate of drug-likeness (QED) is 0.850. The van der Waals surface area contributed by atoms with Crippen molar-refractivity contribution in [2.24, 2.45) is 5.73 Å². The van der Waals surface area contributed by atoms with Crippen molar-refractivity contribution in [2.75, 3.05) is 12.4 Å². The highest BCUT2D eigenvalue weighted by Gasteiger charge is 2.17. The van der Waals surface area contributed by atoms with Gasteiger partial charge in [-0.3, -0.25) is 0 Å². The zero-order chi connectivity index (χ0) is 14.8. The van der Waals surface area contributed by atoms with Gasteiger partial charge in [0.15, 0.2) is 0 Å². The van der Waals surface area contributed by atoms with Crippen LogP contribution in [-0.4, -0.2) is 17.1 Å². The first-order chi connectivity index (χ1) is 10.2. The molecular formula is C16H17N3OS. The molecule has 3 N–H and O–H groups in total. The van der Waals surface area contributed by atoms with E-state index in [9.17, 15) is 0 Å². The average Bonchev–Trinajstić information content (AvgIpc) is 2.93. The van der Waals surface area contributed by atoms with Crippen LogP contribution in [0, 0.1) is 0 Å². The Morgan fingerprint density at radius 2 is 2.19 bits per heavy atom. The Bertz CT molecular complexity index is 700. The van der Waals surface area contributed by atoms with Gasteiger partial charge in [0.2, 0.25) is 0 Å². The number of ether oxygens (including phenoxy) is 1. The van der Waals surface area contributed by atoms with E-state index in [1.54, 1.807) is 7.11 Å². The van der Waals surface area contributed by atoms with Crippen LogP contribution in [0.5, 0.6) is 5.75 Å². The Balaban J connectivity index is 1.99. The average molecular weight is 299 g/mol. The summed E-state index contributed by atoms with van der Waals surface area (Å²) in [5.74, 6) is 1.51. The maximum atomic E-state index is 5.85. The van der Waals surface area contributed by atoms with Gasteiger partial charge in [-0.05, 0) is 43.0 Å². The summed E-state index contributed by atoms with van der Waals surface area (Å²) in [6.07, 6.45) is 3.21. The summed E-state index contributed by atoms with van der Waals surface area (Å²) in [5, 5.41) is 3.30. The van der Waals surface area contributed by atoms with Crippen molar-refractivity contribution >= 4 is 28.7 Å². The van der Waals surface area contributed by atoms with Crippen LogP contribution in [0.4, 0.5) is 11.5 Å². The van der Waals surface area contributed by atoms with Crippen LogP contribution < -0.4 is 15.8 Å². The van der Waals surface area contributed by atoms with Gasteiger partial charge in [-0.1, -0.05) is 18.3 Å². The normalized spacial score (nSPS) is 12.8. The summed E-state index contributed by atoms with van der Waals surface area (Å²) >= 11 is 5.16. The van der Waals surface area contributed by atoms with Crippen LogP contribution in [0.2, 0.25) is 0 Å². The van der Waals surface area contributed by atoms with Crippen LogP contribution in [0.25, 0.3) is 0 Å². The molecule has 5 heteroatoms. The van der Waals surface area contributed by atoms with Crippen molar-refractivity contribution < 1.29 is 4.74 Å². The molecule has 3 rings (SSSR count). The number of fused-ring (bicyclic) bond motifs is 1. The largest absolute Gasteiger partial charge is 0.497 e. The van der Waals surface area contributed by atoms with Gasteiger partial charge in [-0.2, -0.15) is 0 Å². The fraction of sp³-hybridized carbons (Fsp3) is 0.250. The van der Waals surface area contributed by atoms with E-state index in [2.05, 4.69) is 11.4 Å². The lowest BCUT2D eigenvalue weighted by molar-refractivity contribution is 0.415. The highest BCUT2D eigenvalue weighted by molar-refractivity contribution is 7.80. The summed E-state index contributed by atoms with van der Waals surface area (Å²) in [7, 11) is 1.65. The van der Waals surface area contributed by atoms with Gasteiger partial charge in [0.05, 0.1) is 12.7 Å². The van der Waals surface area contributed by atoms with E-state index in [0.29, 0.717) is 4.99 Å². The minimum atomic E-state index is 0.364. The predicted octanol–water partition coefficient (Wildman–Crippen LogP) is 2.96. The van der Waals surface area contributed by atoms with Gasteiger partial charge >= 0.3 is 0 Å². The molecule has 0 saturated heterocycles. The highest BCUT2D eigenvalue weighted by atomic mass is 32.1. The second-order valence-corrected chi connectivity index (χ2v) is 5.50. The number of nitrogens with two attached hydrogens (primary N) is 1. The van der Waals surface area contributed by atoms with Crippen LogP contribution in [0.1, 0.15) is 23.2 Å². The number of nitrogens with one attached hydrogen (secondary N) is 1. The molecule has 1 aromatic carbocycles. The minimum absolute atomic E-state index is 0.364. The molecule has 0 radical (unpaired) electrons. The van der Waals surface area contributed by atoms with Gasteiger partial charge in [0, 0.05) is 17.4 Å². The molecule has 0 bridgehead atoms. The molecule has 0 amide bonds. The third-order valence-corrected chi connectivity index (χ3v) is 3.87. The Hall–Kier alpha value is -2.14. The van der Waals surface area contributed by atoms with Gasteiger partial charge in [0.25, 0.3) is 0 Å². The summed E-state index contributed by atoms with van der Waals surface area (Å²) in [5.41, 5.74) is 9.94. The number of nitrogens with zero attached hydrogens (tertiary/aromatic N) is 1. The number of methoxy groups -OCH3 is 1. The van der Waals surface area contributed by atoms with E-state index in [1.165, 1.54) is 5.56 Å². The van der Waals surface area contributed by atoms with Crippen molar-refractivity contribution in [3.05, 3.63) is 47.2 Å². The molecule has 2 aromatic rings. The fourth-order valence-corrected chi connectivity index (χ4v) is 2.75. The second-order valence-electron chi connectivity index (χ2n) is 5.07. The zero-order valence-electron chi connectivity index (χ0n) is 11.8. The van der Waals surface area contributed by atoms with E-state index in [0.717, 1.165) is 47.8 Å². The number of hydrogen-bond donors (Lipinski definition) is 2. The number of pyridine rings is 1. The first kappa shape index (κ1) is 13.8. The van der Waals surface area contributed by atoms with Crippen molar-refractivity contribution in [3.63, 3.8) is 0 Å². The number of thiocarbonyl (C=S) groups is 1. The maximum absolute atomic E-state index is 5.85. The minimum Gasteiger partial charge on any atom is -0.497 e. The van der Waals surface area contributed by atoms with Crippen molar-refractivity contribution in [2.45, 2.75) is 19.3 Å². The molecule has 21 heavy (non-hydrogen) atoms. The van der Waals surface area contributed by atoms with Crippen LogP contribution >= 0.6 is 12.2 Å². The molecule has 0 unspecified atom stereocenters. The van der Waals surface area contributed by atoms with Crippen LogP contribution in [0.3, 0.4) is 0 Å². The molecule has 0 aliphatic heterocycles. The number of aryl methyl sites for hydroxylation is 2. The lowest BCUT2D eigenvalue weighted by Crippen LogP contribution is -2.14. The van der Waals surface area contributed by atoms with Crippen LogP contribution in [0.15, 0.2) is 30.3 Å². The number of anilines is 2. The summed E-state index contributed by atoms with van der Waals surface area (Å²) in [6, 6.07) is 9.77. The third kappa shape index (κ3) is 2.83. The molecule has 1 aromatic heterocycles. The summed E-state index contributed by atoms with van der Waals surface area (Å²) in [6.45, 7) is 0. The molecule has 108 valence electrons. The Morgan fingerprint density at radius 3 is 2.95 bits per heavy atom. The van der Waals surface area contributed by atoms with E-state index >= 15 is 0 Å². The summed E-state index contributed by atoms with van der Waals surface area (Å²) in [4.78, 5) is 5.07. The van der Waals surface area contributed by atoms with Gasteiger partial charge in [-0.15, -0.1) is 0 Å². The standard InChI is InChI=1S/C16H17N3OS/c1-20-12-6-3-5-11(9-12)18-16-13(15(17)21)8-10-4-2-7-14(10)19-16/h3,5-6,8-9H,2,4,7H2,1H3,(H2,17,21)(H,18,19). The number of benzene rings is 1. The molecule has 0 spiro atoms. The van der Waals surface area contributed by atoms with Gasteiger partial charge in [-0.25, -0.2) is 4.98 Å². The number of rotatable bonds is 4. The molecular weight excluding hydrogens is 282 g/mol. The number of aromatic nitrogens is 1. The monoisotopic (exact) mass is 299 g/mol. The van der Waals surface area contributed by atoms with E-state index in [-0.39, 0.29) is 0 Å². The third-order valence-electron chi connectivity index (χ3n) is 3.65. The highest BCUT2D eigenvalue weighted by Crippen LogP contribution is 2.28. The number of hydrogen-bond acceptors (Lipinski definition) is 4. The van der Waals surface area contributed by atoms with Gasteiger partial charge in [0.1, 0.15) is 16.6 Å². The van der Waals surface area contributed by atoms with Crippen LogP contribution in [-0.2, 0) is 12.8 Å². The predicted molar refractivity (Wildman–Crippen MR) is 88.4 cm³/mol. The smallest absolute Gasteiger partial charge is 0.140 e. The molecule has 1 heterocycles. The molecule has 0 saturated carbocycles.